The van der Waals surface area contributed by atoms with Gasteiger partial charge < -0.3 is 0 Å². The summed E-state index contributed by atoms with van der Waals surface area (Å²) in [6.45, 7) is 2.14. The van der Waals surface area contributed by atoms with Crippen LogP contribution in [0, 0.1) is 0 Å². The molecule has 0 aliphatic heterocycles. The van der Waals surface area contributed by atoms with E-state index in [1.807, 2.05) is 0 Å². The third-order valence-electron chi connectivity index (χ3n) is 1.25. The van der Waals surface area contributed by atoms with Gasteiger partial charge in [-0.25, -0.2) is 0 Å². The molecular weight excluding hydrogens is 131 g/mol. The average molecular weight is 146 g/mol. The second kappa shape index (κ2) is 6.10. The van der Waals surface area contributed by atoms with Crippen molar-refractivity contribution in [2.45, 2.75) is 32.6 Å². The molecule has 0 bridgehead atoms. The Morgan fingerprint density at radius 2 is 2.22 bits per heavy atom. The monoisotopic (exact) mass is 146 g/mol. The first-order valence-electron chi connectivity index (χ1n) is 3.46. The predicted molar refractivity (Wildman–Crippen MR) is 46.3 cm³/mol. The van der Waals surface area contributed by atoms with E-state index in [1.165, 1.54) is 12.8 Å². The largest absolute Gasteiger partial charge is 0.295 e. The Morgan fingerprint density at radius 3 is 2.67 bits per heavy atom. The Kier molecular flexibility index (Phi) is 6.08. The first-order chi connectivity index (χ1) is 4.31. The van der Waals surface area contributed by atoms with Crippen molar-refractivity contribution >= 4 is 20.4 Å². The quantitative estimate of drug-likeness (QED) is 0.425. The summed E-state index contributed by atoms with van der Waals surface area (Å²) in [7, 11) is 1.62. The molecule has 1 atom stereocenters. The second-order valence-electron chi connectivity index (χ2n) is 2.13. The highest BCUT2D eigenvalue weighted by Gasteiger charge is 1.92. The van der Waals surface area contributed by atoms with E-state index in [9.17, 15) is 4.79 Å². The minimum absolute atomic E-state index is 0.293. The molecule has 2 heteroatoms. The van der Waals surface area contributed by atoms with Crippen molar-refractivity contribution in [3.63, 3.8) is 0 Å². The van der Waals surface area contributed by atoms with Crippen LogP contribution in [0.25, 0.3) is 0 Å². The molecule has 0 saturated carbocycles. The lowest BCUT2D eigenvalue weighted by Crippen LogP contribution is -1.95. The number of Topliss-reactive ketones (excluding diaryl/α,β-unsaturated/α-hetero) is 1. The topological polar surface area (TPSA) is 17.1 Å². The van der Waals surface area contributed by atoms with Crippen LogP contribution < -0.4 is 0 Å². The molecule has 0 aliphatic carbocycles. The van der Waals surface area contributed by atoms with Crippen molar-refractivity contribution in [2.75, 3.05) is 0 Å². The molecule has 1 nitrogen and oxygen atoms in total. The summed E-state index contributed by atoms with van der Waals surface area (Å²) in [5.41, 5.74) is 0. The van der Waals surface area contributed by atoms with Crippen molar-refractivity contribution in [1.29, 1.82) is 0 Å². The van der Waals surface area contributed by atoms with Gasteiger partial charge >= 0.3 is 0 Å². The molecular formula is C7H15OP. The van der Waals surface area contributed by atoms with Gasteiger partial charge in [0.2, 0.25) is 0 Å². The number of rotatable bonds is 5. The average Bonchev–Trinajstić information content (AvgIpc) is 1.89. The van der Waals surface area contributed by atoms with E-state index in [2.05, 4.69) is 6.92 Å². The Hall–Kier alpha value is -0.0300. The number of unbranched alkanes of at least 4 members (excludes halogenated alkanes) is 2. The molecule has 0 aromatic rings. The van der Waals surface area contributed by atoms with Crippen molar-refractivity contribution < 1.29 is 4.79 Å². The summed E-state index contributed by atoms with van der Waals surface area (Å²) >= 11 is 0. The number of ketones is 1. The third-order valence-corrected chi connectivity index (χ3v) is 1.71. The summed E-state index contributed by atoms with van der Waals surface area (Å²) in [6, 6.07) is 0. The van der Waals surface area contributed by atoms with E-state index in [4.69, 9.17) is 0 Å². The lowest BCUT2D eigenvalue weighted by atomic mass is 10.2. The predicted octanol–water partition coefficient (Wildman–Crippen LogP) is 1.55. The van der Waals surface area contributed by atoms with E-state index in [0.29, 0.717) is 5.78 Å². The van der Waals surface area contributed by atoms with Crippen LogP contribution in [0.3, 0.4) is 0 Å². The zero-order chi connectivity index (χ0) is 7.11. The zero-order valence-corrected chi connectivity index (χ0v) is 7.44. The van der Waals surface area contributed by atoms with Gasteiger partial charge in [0.25, 0.3) is 0 Å². The summed E-state index contributed by atoms with van der Waals surface area (Å²) in [5.74, 6) is 1.97. The van der Waals surface area contributed by atoms with E-state index in [0.717, 1.165) is 12.8 Å². The maximum absolute atomic E-state index is 10.6. The summed E-state index contributed by atoms with van der Waals surface area (Å²) in [6.07, 6.45) is 4.18. The molecule has 0 aromatic heterocycles. The Bertz CT molecular complexity index is 99.1. The van der Waals surface area contributed by atoms with Gasteiger partial charge in [0.15, 0.2) is 5.78 Å². The van der Waals surface area contributed by atoms with E-state index < -0.39 is 0 Å². The van der Waals surface area contributed by atoms with Gasteiger partial charge in [0, 0.05) is 6.42 Å². The van der Waals surface area contributed by atoms with Gasteiger partial charge in [-0.3, -0.25) is 4.79 Å². The smallest absolute Gasteiger partial charge is 0.155 e. The summed E-state index contributed by atoms with van der Waals surface area (Å²) < 4.78 is 0. The SMILES string of the molecule is CCCCCC(=O)C=[PH3]. The molecule has 54 valence electrons. The van der Waals surface area contributed by atoms with Crippen LogP contribution in [0.4, 0.5) is 0 Å². The lowest BCUT2D eigenvalue weighted by Gasteiger charge is -1.91. The van der Waals surface area contributed by atoms with Crippen molar-refractivity contribution in [3.8, 4) is 0 Å². The first-order valence-corrected chi connectivity index (χ1v) is 4.28. The molecule has 0 rings (SSSR count). The first kappa shape index (κ1) is 8.97. The fraction of sp³-hybridized carbons (Fsp3) is 0.714. The van der Waals surface area contributed by atoms with Crippen LogP contribution in [0.2, 0.25) is 0 Å². The maximum atomic E-state index is 10.6. The zero-order valence-electron chi connectivity index (χ0n) is 6.02. The minimum atomic E-state index is 0.293. The molecule has 1 unspecified atom stereocenters. The highest BCUT2D eigenvalue weighted by Crippen LogP contribution is 1.98. The van der Waals surface area contributed by atoms with Crippen LogP contribution in [0.5, 0.6) is 0 Å². The standard InChI is InChI=1S/C7H15OP/c1-2-3-4-5-7(8)6-9/h6H,2-5H2,1,9H3. The molecule has 0 radical (unpaired) electrons. The summed E-state index contributed by atoms with van der Waals surface area (Å²) in [5, 5.41) is 0. The Labute approximate surface area is 58.7 Å². The van der Waals surface area contributed by atoms with E-state index in [-0.39, 0.29) is 0 Å². The maximum Gasteiger partial charge on any atom is 0.155 e. The van der Waals surface area contributed by atoms with Crippen molar-refractivity contribution in [1.82, 2.24) is 0 Å². The Morgan fingerprint density at radius 1 is 1.56 bits per heavy atom. The van der Waals surface area contributed by atoms with Crippen molar-refractivity contribution in [3.05, 3.63) is 0 Å². The van der Waals surface area contributed by atoms with Crippen LogP contribution in [-0.2, 0) is 4.79 Å². The number of hydrogen-bond acceptors (Lipinski definition) is 1. The molecule has 0 heterocycles. The molecule has 0 N–H and O–H groups in total. The number of carbonyl (C=O) groups excluding carboxylic acids is 1. The van der Waals surface area contributed by atoms with Gasteiger partial charge in [0.1, 0.15) is 0 Å². The van der Waals surface area contributed by atoms with Crippen LogP contribution in [0.15, 0.2) is 0 Å². The third kappa shape index (κ3) is 5.85. The Balaban J connectivity index is 3.07. The lowest BCUT2D eigenvalue weighted by molar-refractivity contribution is -0.112. The number of hydrogen-bond donors (Lipinski definition) is 0. The van der Waals surface area contributed by atoms with Gasteiger partial charge in [-0.1, -0.05) is 19.8 Å². The highest BCUT2D eigenvalue weighted by molar-refractivity contribution is 7.22. The van der Waals surface area contributed by atoms with Gasteiger partial charge in [-0.05, 0) is 12.2 Å². The van der Waals surface area contributed by atoms with Gasteiger partial charge in [-0.15, -0.1) is 8.86 Å². The van der Waals surface area contributed by atoms with Crippen LogP contribution in [0.1, 0.15) is 32.6 Å². The van der Waals surface area contributed by atoms with E-state index in [1.54, 1.807) is 14.7 Å². The van der Waals surface area contributed by atoms with Gasteiger partial charge in [0.05, 0.1) is 0 Å². The highest BCUT2D eigenvalue weighted by atomic mass is 31.0. The molecule has 0 saturated heterocycles. The van der Waals surface area contributed by atoms with E-state index >= 15 is 0 Å². The van der Waals surface area contributed by atoms with Crippen molar-refractivity contribution in [2.24, 2.45) is 0 Å². The van der Waals surface area contributed by atoms with Gasteiger partial charge in [-0.2, -0.15) is 0 Å². The molecule has 0 spiro atoms. The fourth-order valence-corrected chi connectivity index (χ4v) is 0.855. The second-order valence-corrected chi connectivity index (χ2v) is 2.54. The molecule has 0 amide bonds. The molecule has 0 aromatic carbocycles. The molecule has 9 heavy (non-hydrogen) atoms. The molecule has 0 aliphatic rings. The minimum Gasteiger partial charge on any atom is -0.295 e. The fourth-order valence-electron chi connectivity index (χ4n) is 0.651. The van der Waals surface area contributed by atoms with Crippen LogP contribution >= 0.6 is 8.86 Å². The summed E-state index contributed by atoms with van der Waals surface area (Å²) in [4.78, 5) is 10.6. The normalized spacial score (nSPS) is 9.44. The number of carbonyl (C=O) groups is 1. The van der Waals surface area contributed by atoms with Crippen LogP contribution in [-0.4, -0.2) is 11.6 Å². The molecule has 0 fully saturated rings.